The Morgan fingerprint density at radius 2 is 1.82 bits per heavy atom. The van der Waals surface area contributed by atoms with Gasteiger partial charge >= 0.3 is 5.69 Å². The molecule has 1 saturated heterocycles. The maximum atomic E-state index is 12.5. The number of aryl methyl sites for hydroxylation is 1. The molecule has 148 valence electrons. The van der Waals surface area contributed by atoms with Crippen LogP contribution in [0, 0.1) is 0 Å². The first kappa shape index (κ1) is 20.2. The minimum atomic E-state index is -0.444. The Morgan fingerprint density at radius 3 is 2.46 bits per heavy atom. The van der Waals surface area contributed by atoms with Gasteiger partial charge in [0, 0.05) is 58.7 Å². The van der Waals surface area contributed by atoms with Crippen LogP contribution in [0.25, 0.3) is 6.08 Å². The van der Waals surface area contributed by atoms with Crippen LogP contribution in [-0.2, 0) is 18.9 Å². The van der Waals surface area contributed by atoms with Crippen LogP contribution in [0.5, 0.6) is 0 Å². The van der Waals surface area contributed by atoms with Gasteiger partial charge in [0.15, 0.2) is 0 Å². The van der Waals surface area contributed by atoms with Gasteiger partial charge in [0.1, 0.15) is 5.82 Å². The van der Waals surface area contributed by atoms with Gasteiger partial charge in [-0.15, -0.1) is 0 Å². The van der Waals surface area contributed by atoms with Crippen molar-refractivity contribution in [1.29, 1.82) is 0 Å². The lowest BCUT2D eigenvalue weighted by Gasteiger charge is -2.35. The minimum Gasteiger partial charge on any atom is -0.352 e. The molecule has 0 N–H and O–H groups in total. The number of hydrogen-bond acceptors (Lipinski definition) is 5. The maximum absolute atomic E-state index is 12.5. The van der Waals surface area contributed by atoms with Crippen molar-refractivity contribution < 1.29 is 4.79 Å². The fraction of sp³-hybridized carbons (Fsp3) is 0.333. The van der Waals surface area contributed by atoms with Crippen molar-refractivity contribution in [3.05, 3.63) is 61.0 Å². The van der Waals surface area contributed by atoms with Crippen molar-refractivity contribution in [3.63, 3.8) is 0 Å². The predicted molar refractivity (Wildman–Crippen MR) is 109 cm³/mol. The number of halogens is 2. The highest BCUT2D eigenvalue weighted by Gasteiger charge is 2.22. The zero-order valence-electron chi connectivity index (χ0n) is 15.4. The fourth-order valence-corrected chi connectivity index (χ4v) is 3.50. The van der Waals surface area contributed by atoms with Crippen molar-refractivity contribution in [3.8, 4) is 0 Å². The first-order valence-corrected chi connectivity index (χ1v) is 9.33. The Balaban J connectivity index is 1.67. The molecule has 2 aromatic rings. The van der Waals surface area contributed by atoms with Crippen LogP contribution in [0.3, 0.4) is 0 Å². The number of anilines is 1. The number of nitrogens with zero attached hydrogens (tertiary/aromatic N) is 5. The van der Waals surface area contributed by atoms with Gasteiger partial charge in [0.2, 0.25) is 5.91 Å². The van der Waals surface area contributed by atoms with Gasteiger partial charge in [0.25, 0.3) is 5.56 Å². The Labute approximate surface area is 171 Å². The third kappa shape index (κ3) is 4.13. The fourth-order valence-electron chi connectivity index (χ4n) is 3.00. The summed E-state index contributed by atoms with van der Waals surface area (Å²) in [6.07, 6.45) is 5.75. The summed E-state index contributed by atoms with van der Waals surface area (Å²) < 4.78 is 2.30. The number of piperazine rings is 1. The van der Waals surface area contributed by atoms with Crippen molar-refractivity contribution in [2.75, 3.05) is 31.1 Å². The van der Waals surface area contributed by atoms with Gasteiger partial charge in [-0.1, -0.05) is 23.2 Å². The van der Waals surface area contributed by atoms with E-state index in [2.05, 4.69) is 4.98 Å². The Bertz CT molecular complexity index is 1050. The molecular weight excluding hydrogens is 405 g/mol. The molecule has 0 aromatic carbocycles. The molecule has 1 amide bonds. The highest BCUT2D eigenvalue weighted by atomic mass is 35.5. The Hall–Kier alpha value is -2.58. The molecule has 0 radical (unpaired) electrons. The van der Waals surface area contributed by atoms with Crippen molar-refractivity contribution >= 4 is 41.0 Å². The van der Waals surface area contributed by atoms with Crippen molar-refractivity contribution in [1.82, 2.24) is 19.0 Å². The molecule has 0 atom stereocenters. The standard InChI is InChI=1S/C18H19Cl2N5O3/c1-22-11-12(17(27)23(2)18(22)28)3-4-15(26)24-5-7-25(8-6-24)16-14(20)9-13(19)10-21-16/h3-4,9-11H,5-8H2,1-2H3. The summed E-state index contributed by atoms with van der Waals surface area (Å²) in [6.45, 7) is 2.15. The van der Waals surface area contributed by atoms with E-state index in [1.807, 2.05) is 4.90 Å². The molecule has 0 aliphatic carbocycles. The van der Waals surface area contributed by atoms with Crippen LogP contribution >= 0.6 is 23.2 Å². The molecule has 0 bridgehead atoms. The SMILES string of the molecule is Cn1cc(C=CC(=O)N2CCN(c3ncc(Cl)cc3Cl)CC2)c(=O)n(C)c1=O. The average Bonchev–Trinajstić information content (AvgIpc) is 2.68. The van der Waals surface area contributed by atoms with Crippen LogP contribution in [0.15, 0.2) is 34.1 Å². The first-order chi connectivity index (χ1) is 13.3. The van der Waals surface area contributed by atoms with Gasteiger partial charge in [-0.3, -0.25) is 14.2 Å². The number of aromatic nitrogens is 3. The van der Waals surface area contributed by atoms with Gasteiger partial charge < -0.3 is 14.4 Å². The Kier molecular flexibility index (Phi) is 5.90. The van der Waals surface area contributed by atoms with Crippen LogP contribution < -0.4 is 16.1 Å². The zero-order valence-corrected chi connectivity index (χ0v) is 16.9. The highest BCUT2D eigenvalue weighted by molar-refractivity contribution is 6.36. The van der Waals surface area contributed by atoms with E-state index in [1.165, 1.54) is 36.2 Å². The zero-order chi connectivity index (χ0) is 20.4. The summed E-state index contributed by atoms with van der Waals surface area (Å²) >= 11 is 12.1. The van der Waals surface area contributed by atoms with Crippen LogP contribution in [0.2, 0.25) is 10.0 Å². The average molecular weight is 424 g/mol. The molecule has 10 heteroatoms. The molecule has 8 nitrogen and oxygen atoms in total. The third-order valence-corrected chi connectivity index (χ3v) is 5.04. The quantitative estimate of drug-likeness (QED) is 0.691. The van der Waals surface area contributed by atoms with E-state index in [4.69, 9.17) is 23.2 Å². The molecule has 3 rings (SSSR count). The van der Waals surface area contributed by atoms with E-state index >= 15 is 0 Å². The summed E-state index contributed by atoms with van der Waals surface area (Å²) in [7, 11) is 2.95. The monoisotopic (exact) mass is 423 g/mol. The first-order valence-electron chi connectivity index (χ1n) is 8.57. The second-order valence-corrected chi connectivity index (χ2v) is 7.29. The van der Waals surface area contributed by atoms with Crippen LogP contribution in [-0.4, -0.2) is 51.1 Å². The minimum absolute atomic E-state index is 0.203. The molecule has 1 aliphatic heterocycles. The van der Waals surface area contributed by atoms with E-state index in [0.29, 0.717) is 42.0 Å². The number of carbonyl (C=O) groups is 1. The summed E-state index contributed by atoms with van der Waals surface area (Å²) in [5, 5.41) is 0.940. The van der Waals surface area contributed by atoms with Gasteiger partial charge in [-0.25, -0.2) is 9.78 Å². The molecule has 1 fully saturated rings. The van der Waals surface area contributed by atoms with Gasteiger partial charge in [0.05, 0.1) is 15.6 Å². The lowest BCUT2D eigenvalue weighted by molar-refractivity contribution is -0.126. The lowest BCUT2D eigenvalue weighted by atomic mass is 10.2. The molecule has 0 saturated carbocycles. The summed E-state index contributed by atoms with van der Waals surface area (Å²) in [5.74, 6) is 0.438. The largest absolute Gasteiger partial charge is 0.352 e. The van der Waals surface area contributed by atoms with E-state index in [1.54, 1.807) is 18.0 Å². The predicted octanol–water partition coefficient (Wildman–Crippen LogP) is 1.15. The van der Waals surface area contributed by atoms with E-state index < -0.39 is 11.2 Å². The van der Waals surface area contributed by atoms with Gasteiger partial charge in [-0.2, -0.15) is 0 Å². The maximum Gasteiger partial charge on any atom is 0.330 e. The number of rotatable bonds is 3. The Morgan fingerprint density at radius 1 is 1.14 bits per heavy atom. The molecule has 0 spiro atoms. The van der Waals surface area contributed by atoms with Gasteiger partial charge in [-0.05, 0) is 12.1 Å². The second kappa shape index (κ2) is 8.20. The van der Waals surface area contributed by atoms with Crippen molar-refractivity contribution in [2.24, 2.45) is 14.1 Å². The number of hydrogen-bond donors (Lipinski definition) is 0. The van der Waals surface area contributed by atoms with E-state index in [0.717, 1.165) is 4.57 Å². The summed E-state index contributed by atoms with van der Waals surface area (Å²) in [4.78, 5) is 44.2. The molecule has 3 heterocycles. The lowest BCUT2D eigenvalue weighted by Crippen LogP contribution is -2.48. The van der Waals surface area contributed by atoms with Crippen molar-refractivity contribution in [2.45, 2.75) is 0 Å². The third-order valence-electron chi connectivity index (χ3n) is 4.56. The molecule has 1 aliphatic rings. The molecule has 0 unspecified atom stereocenters. The normalized spacial score (nSPS) is 14.7. The van der Waals surface area contributed by atoms with E-state index in [-0.39, 0.29) is 11.5 Å². The topological polar surface area (TPSA) is 80.4 Å². The number of carbonyl (C=O) groups excluding carboxylic acids is 1. The molecule has 28 heavy (non-hydrogen) atoms. The van der Waals surface area contributed by atoms with Crippen LogP contribution in [0.4, 0.5) is 5.82 Å². The van der Waals surface area contributed by atoms with E-state index in [9.17, 15) is 14.4 Å². The number of amides is 1. The smallest absolute Gasteiger partial charge is 0.330 e. The summed E-state index contributed by atoms with van der Waals surface area (Å²) in [5.41, 5.74) is -0.590. The number of pyridine rings is 1. The second-order valence-electron chi connectivity index (χ2n) is 6.45. The molecular formula is C18H19Cl2N5O3. The van der Waals surface area contributed by atoms with Crippen LogP contribution in [0.1, 0.15) is 5.56 Å². The highest BCUT2D eigenvalue weighted by Crippen LogP contribution is 2.26. The summed E-state index contributed by atoms with van der Waals surface area (Å²) in [6, 6.07) is 1.64. The molecule has 2 aromatic heterocycles.